The van der Waals surface area contributed by atoms with E-state index in [9.17, 15) is 14.4 Å². The van der Waals surface area contributed by atoms with Crippen LogP contribution in [0.15, 0.2) is 60.2 Å². The first-order chi connectivity index (χ1) is 15.7. The van der Waals surface area contributed by atoms with E-state index in [-0.39, 0.29) is 5.57 Å². The Labute approximate surface area is 192 Å². The normalized spacial score (nSPS) is 15.2. The number of carbonyl (C=O) groups is 3. The van der Waals surface area contributed by atoms with Gasteiger partial charge in [-0.3, -0.25) is 14.9 Å². The van der Waals surface area contributed by atoms with Gasteiger partial charge in [-0.15, -0.1) is 0 Å². The summed E-state index contributed by atoms with van der Waals surface area (Å²) in [5.74, 6) is -1.34. The summed E-state index contributed by atoms with van der Waals surface area (Å²) in [6, 6.07) is 16.4. The average molecular weight is 443 g/mol. The zero-order chi connectivity index (χ0) is 23.9. The number of carbonyl (C=O) groups excluding carboxylic acids is 3. The van der Waals surface area contributed by atoms with Crippen molar-refractivity contribution in [3.63, 3.8) is 0 Å². The fourth-order valence-corrected chi connectivity index (χ4v) is 4.08. The van der Waals surface area contributed by atoms with Crippen molar-refractivity contribution in [2.45, 2.75) is 20.8 Å². The number of aromatic nitrogens is 1. The SMILES string of the molecule is Cc1ccccc1N1C(=O)NC(=O)/C(=C\c2cc(C)n(-c3ccc(N(C)C)cc3)c2C)C1=O. The molecule has 4 amide bonds. The minimum absolute atomic E-state index is 0.0824. The van der Waals surface area contributed by atoms with Crippen LogP contribution >= 0.6 is 0 Å². The lowest BCUT2D eigenvalue weighted by Crippen LogP contribution is -2.54. The molecule has 0 spiro atoms. The lowest BCUT2D eigenvalue weighted by molar-refractivity contribution is -0.122. The standard InChI is InChI=1S/C26H26N4O3/c1-16-8-6-7-9-23(16)30-25(32)22(24(31)27-26(30)33)15-19-14-17(2)29(18(19)3)21-12-10-20(11-13-21)28(4)5/h6-15H,1-5H3,(H,27,31,33)/b22-15+. The van der Waals surface area contributed by atoms with Crippen molar-refractivity contribution in [3.8, 4) is 5.69 Å². The van der Waals surface area contributed by atoms with Gasteiger partial charge >= 0.3 is 6.03 Å². The van der Waals surface area contributed by atoms with Crippen LogP contribution in [0.2, 0.25) is 0 Å². The van der Waals surface area contributed by atoms with Crippen molar-refractivity contribution in [1.82, 2.24) is 9.88 Å². The summed E-state index contributed by atoms with van der Waals surface area (Å²) in [6.07, 6.45) is 1.56. The van der Waals surface area contributed by atoms with Gasteiger partial charge in [0.1, 0.15) is 5.57 Å². The molecule has 0 unspecified atom stereocenters. The number of rotatable bonds is 4. The minimum atomic E-state index is -0.747. The predicted molar refractivity (Wildman–Crippen MR) is 130 cm³/mol. The van der Waals surface area contributed by atoms with E-state index < -0.39 is 17.8 Å². The van der Waals surface area contributed by atoms with E-state index in [1.165, 1.54) is 0 Å². The number of amides is 4. The molecule has 3 aromatic rings. The molecule has 33 heavy (non-hydrogen) atoms. The van der Waals surface area contributed by atoms with Gasteiger partial charge in [0, 0.05) is 36.9 Å². The van der Waals surface area contributed by atoms with Crippen LogP contribution in [-0.2, 0) is 9.59 Å². The summed E-state index contributed by atoms with van der Waals surface area (Å²) in [6.45, 7) is 5.72. The number of hydrogen-bond acceptors (Lipinski definition) is 4. The third-order valence-electron chi connectivity index (χ3n) is 5.85. The average Bonchev–Trinajstić information content (AvgIpc) is 3.05. The highest BCUT2D eigenvalue weighted by molar-refractivity contribution is 6.39. The minimum Gasteiger partial charge on any atom is -0.378 e. The maximum absolute atomic E-state index is 13.2. The van der Waals surface area contributed by atoms with Crippen LogP contribution in [0.25, 0.3) is 11.8 Å². The molecular weight excluding hydrogens is 416 g/mol. The third kappa shape index (κ3) is 3.93. The molecule has 0 radical (unpaired) electrons. The van der Waals surface area contributed by atoms with Gasteiger partial charge in [0.15, 0.2) is 0 Å². The maximum Gasteiger partial charge on any atom is 0.335 e. The number of para-hydroxylation sites is 1. The molecule has 1 saturated heterocycles. The largest absolute Gasteiger partial charge is 0.378 e. The van der Waals surface area contributed by atoms with Gasteiger partial charge < -0.3 is 9.47 Å². The van der Waals surface area contributed by atoms with Gasteiger partial charge in [-0.2, -0.15) is 0 Å². The smallest absolute Gasteiger partial charge is 0.335 e. The molecule has 1 fully saturated rings. The summed E-state index contributed by atoms with van der Waals surface area (Å²) in [5, 5.41) is 2.29. The summed E-state index contributed by atoms with van der Waals surface area (Å²) in [7, 11) is 3.98. The number of nitrogens with zero attached hydrogens (tertiary/aromatic N) is 3. The number of imide groups is 2. The van der Waals surface area contributed by atoms with Crippen molar-refractivity contribution in [1.29, 1.82) is 0 Å². The second kappa shape index (κ2) is 8.43. The molecule has 168 valence electrons. The third-order valence-corrected chi connectivity index (χ3v) is 5.85. The molecule has 1 aliphatic heterocycles. The second-order valence-electron chi connectivity index (χ2n) is 8.32. The van der Waals surface area contributed by atoms with E-state index in [0.717, 1.165) is 38.8 Å². The highest BCUT2D eigenvalue weighted by atomic mass is 16.2. The zero-order valence-corrected chi connectivity index (χ0v) is 19.3. The van der Waals surface area contributed by atoms with Crippen molar-refractivity contribution in [3.05, 3.63) is 82.7 Å². The molecule has 0 atom stereocenters. The van der Waals surface area contributed by atoms with Crippen molar-refractivity contribution >= 4 is 35.3 Å². The first-order valence-corrected chi connectivity index (χ1v) is 10.6. The number of aryl methyl sites for hydroxylation is 2. The van der Waals surface area contributed by atoms with Crippen LogP contribution in [0.5, 0.6) is 0 Å². The van der Waals surface area contributed by atoms with Gasteiger partial charge in [0.2, 0.25) is 0 Å². The van der Waals surface area contributed by atoms with Gasteiger partial charge in [0.05, 0.1) is 5.69 Å². The van der Waals surface area contributed by atoms with E-state index in [2.05, 4.69) is 9.88 Å². The molecule has 2 aromatic carbocycles. The monoisotopic (exact) mass is 442 g/mol. The second-order valence-corrected chi connectivity index (χ2v) is 8.32. The molecule has 2 heterocycles. The quantitative estimate of drug-likeness (QED) is 0.487. The highest BCUT2D eigenvalue weighted by Crippen LogP contribution is 2.28. The van der Waals surface area contributed by atoms with Crippen molar-refractivity contribution < 1.29 is 14.4 Å². The first-order valence-electron chi connectivity index (χ1n) is 10.6. The lowest BCUT2D eigenvalue weighted by atomic mass is 10.1. The van der Waals surface area contributed by atoms with Crippen LogP contribution < -0.4 is 15.1 Å². The van der Waals surface area contributed by atoms with Crippen LogP contribution in [0.4, 0.5) is 16.2 Å². The molecule has 1 aliphatic rings. The number of anilines is 2. The van der Waals surface area contributed by atoms with Gasteiger partial charge in [-0.25, -0.2) is 9.69 Å². The topological polar surface area (TPSA) is 74.7 Å². The van der Waals surface area contributed by atoms with E-state index >= 15 is 0 Å². The molecule has 4 rings (SSSR count). The Morgan fingerprint density at radius 3 is 2.21 bits per heavy atom. The van der Waals surface area contributed by atoms with Crippen molar-refractivity contribution in [2.24, 2.45) is 0 Å². The number of hydrogen-bond donors (Lipinski definition) is 1. The molecule has 7 heteroatoms. The number of barbiturate groups is 1. The van der Waals surface area contributed by atoms with Gasteiger partial charge in [0.25, 0.3) is 11.8 Å². The maximum atomic E-state index is 13.2. The molecular formula is C26H26N4O3. The molecule has 1 N–H and O–H groups in total. The van der Waals surface area contributed by atoms with E-state index in [0.29, 0.717) is 5.69 Å². The molecule has 0 saturated carbocycles. The molecule has 7 nitrogen and oxygen atoms in total. The molecule has 1 aromatic heterocycles. The Morgan fingerprint density at radius 2 is 1.58 bits per heavy atom. The van der Waals surface area contributed by atoms with Crippen LogP contribution in [0.3, 0.4) is 0 Å². The number of benzene rings is 2. The van der Waals surface area contributed by atoms with Crippen LogP contribution in [-0.4, -0.2) is 36.5 Å². The number of nitrogens with one attached hydrogen (secondary N) is 1. The number of urea groups is 1. The highest BCUT2D eigenvalue weighted by Gasteiger charge is 2.37. The van der Waals surface area contributed by atoms with Crippen LogP contribution in [0, 0.1) is 20.8 Å². The van der Waals surface area contributed by atoms with E-state index in [4.69, 9.17) is 0 Å². The summed E-state index contributed by atoms with van der Waals surface area (Å²) in [4.78, 5) is 41.4. The Hall–Kier alpha value is -4.13. The Kier molecular flexibility index (Phi) is 5.64. The summed E-state index contributed by atoms with van der Waals surface area (Å²) >= 11 is 0. The lowest BCUT2D eigenvalue weighted by Gasteiger charge is -2.27. The van der Waals surface area contributed by atoms with Gasteiger partial charge in [-0.05, 0) is 74.4 Å². The van der Waals surface area contributed by atoms with Gasteiger partial charge in [-0.1, -0.05) is 18.2 Å². The Balaban J connectivity index is 1.74. The Bertz CT molecular complexity index is 1300. The van der Waals surface area contributed by atoms with E-state index in [1.807, 2.05) is 82.2 Å². The molecule has 0 bridgehead atoms. The predicted octanol–water partition coefficient (Wildman–Crippen LogP) is 4.13. The fraction of sp³-hybridized carbons (Fsp3) is 0.192. The van der Waals surface area contributed by atoms with Crippen LogP contribution in [0.1, 0.15) is 22.5 Å². The van der Waals surface area contributed by atoms with E-state index in [1.54, 1.807) is 18.2 Å². The Morgan fingerprint density at radius 1 is 0.909 bits per heavy atom. The molecule has 0 aliphatic carbocycles. The fourth-order valence-electron chi connectivity index (χ4n) is 4.08. The zero-order valence-electron chi connectivity index (χ0n) is 19.3. The summed E-state index contributed by atoms with van der Waals surface area (Å²) < 4.78 is 2.07. The van der Waals surface area contributed by atoms with Crippen molar-refractivity contribution in [2.75, 3.05) is 23.9 Å². The first kappa shape index (κ1) is 22.1. The summed E-state index contributed by atoms with van der Waals surface area (Å²) in [5.41, 5.74) is 5.79.